The van der Waals surface area contributed by atoms with E-state index in [4.69, 9.17) is 11.6 Å². The van der Waals surface area contributed by atoms with Gasteiger partial charge in [-0.05, 0) is 55.2 Å². The Morgan fingerprint density at radius 3 is 2.89 bits per heavy atom. The summed E-state index contributed by atoms with van der Waals surface area (Å²) in [4.78, 5) is 12.1. The van der Waals surface area contributed by atoms with Gasteiger partial charge < -0.3 is 10.4 Å². The van der Waals surface area contributed by atoms with Gasteiger partial charge in [0.15, 0.2) is 0 Å². The summed E-state index contributed by atoms with van der Waals surface area (Å²) >= 11 is 5.98. The molecule has 2 aliphatic carbocycles. The minimum Gasteiger partial charge on any atom is -0.508 e. The number of carbonyl (C=O) groups excluding carboxylic acids is 1. The van der Waals surface area contributed by atoms with Gasteiger partial charge in [-0.25, -0.2) is 0 Å². The minimum absolute atomic E-state index is 0.0643. The van der Waals surface area contributed by atoms with Crippen molar-refractivity contribution in [1.82, 2.24) is 5.32 Å². The molecule has 2 saturated carbocycles. The molecule has 1 aromatic carbocycles. The second kappa shape index (κ2) is 5.04. The standard InChI is InChI=1S/C15H18ClNO2/c16-14-4-3-12(18)7-13(14)15(19)17-8-11-6-9-1-2-10(11)5-9/h3-4,7,9-11,18H,1-2,5-6,8H2,(H,17,19). The van der Waals surface area contributed by atoms with Crippen molar-refractivity contribution in [2.75, 3.05) is 6.54 Å². The van der Waals surface area contributed by atoms with Gasteiger partial charge in [-0.2, -0.15) is 0 Å². The summed E-state index contributed by atoms with van der Waals surface area (Å²) in [5, 5.41) is 12.8. The van der Waals surface area contributed by atoms with Crippen molar-refractivity contribution in [3.63, 3.8) is 0 Å². The highest BCUT2D eigenvalue weighted by atomic mass is 35.5. The Morgan fingerprint density at radius 2 is 2.21 bits per heavy atom. The molecule has 0 saturated heterocycles. The van der Waals surface area contributed by atoms with Crippen LogP contribution in [0.15, 0.2) is 18.2 Å². The number of phenolic OH excluding ortho intramolecular Hbond substituents is 1. The molecule has 2 fully saturated rings. The number of halogens is 1. The van der Waals surface area contributed by atoms with Gasteiger partial charge in [-0.3, -0.25) is 4.79 Å². The quantitative estimate of drug-likeness (QED) is 0.893. The normalized spacial score (nSPS) is 28.6. The number of aromatic hydroxyl groups is 1. The summed E-state index contributed by atoms with van der Waals surface area (Å²) in [6.07, 6.45) is 5.28. The van der Waals surface area contributed by atoms with E-state index in [1.165, 1.54) is 37.8 Å². The number of rotatable bonds is 3. The number of fused-ring (bicyclic) bond motifs is 2. The van der Waals surface area contributed by atoms with Crippen LogP contribution in [-0.2, 0) is 0 Å². The SMILES string of the molecule is O=C(NCC1CC2CCC1C2)c1cc(O)ccc1Cl. The third-order valence-corrected chi connectivity index (χ3v) is 4.93. The molecular formula is C15H18ClNO2. The van der Waals surface area contributed by atoms with E-state index in [0.717, 1.165) is 18.4 Å². The molecule has 102 valence electrons. The number of benzene rings is 1. The molecule has 0 aliphatic heterocycles. The number of nitrogens with one attached hydrogen (secondary N) is 1. The largest absolute Gasteiger partial charge is 0.508 e. The fourth-order valence-electron chi connectivity index (χ4n) is 3.63. The van der Waals surface area contributed by atoms with Gasteiger partial charge >= 0.3 is 0 Å². The summed E-state index contributed by atoms with van der Waals surface area (Å²) in [5.74, 6) is 2.18. The van der Waals surface area contributed by atoms with E-state index in [9.17, 15) is 9.90 Å². The number of hydrogen-bond donors (Lipinski definition) is 2. The maximum absolute atomic E-state index is 12.1. The third-order valence-electron chi connectivity index (χ3n) is 4.60. The van der Waals surface area contributed by atoms with E-state index < -0.39 is 0 Å². The van der Waals surface area contributed by atoms with Crippen LogP contribution in [0.25, 0.3) is 0 Å². The molecule has 1 amide bonds. The predicted molar refractivity (Wildman–Crippen MR) is 74.4 cm³/mol. The Morgan fingerprint density at radius 1 is 1.37 bits per heavy atom. The predicted octanol–water partition coefficient (Wildman–Crippen LogP) is 3.21. The molecule has 0 radical (unpaired) electrons. The van der Waals surface area contributed by atoms with Crippen LogP contribution in [0.5, 0.6) is 5.75 Å². The molecule has 0 heterocycles. The molecule has 3 rings (SSSR count). The lowest BCUT2D eigenvalue weighted by Gasteiger charge is -2.21. The Kier molecular flexibility index (Phi) is 3.40. The monoisotopic (exact) mass is 279 g/mol. The van der Waals surface area contributed by atoms with E-state index in [1.807, 2.05) is 0 Å². The van der Waals surface area contributed by atoms with Crippen LogP contribution in [0, 0.1) is 17.8 Å². The Balaban J connectivity index is 1.61. The molecule has 0 spiro atoms. The zero-order valence-corrected chi connectivity index (χ0v) is 11.5. The van der Waals surface area contributed by atoms with E-state index in [0.29, 0.717) is 16.5 Å². The van der Waals surface area contributed by atoms with Crippen molar-refractivity contribution < 1.29 is 9.90 Å². The molecule has 2 bridgehead atoms. The molecule has 1 aromatic rings. The summed E-state index contributed by atoms with van der Waals surface area (Å²) in [6, 6.07) is 4.44. The van der Waals surface area contributed by atoms with Crippen LogP contribution in [0.2, 0.25) is 5.02 Å². The number of amides is 1. The van der Waals surface area contributed by atoms with Crippen LogP contribution in [-0.4, -0.2) is 17.6 Å². The van der Waals surface area contributed by atoms with E-state index in [2.05, 4.69) is 5.32 Å². The average Bonchev–Trinajstić information content (AvgIpc) is 3.01. The number of phenols is 1. The van der Waals surface area contributed by atoms with Crippen LogP contribution < -0.4 is 5.32 Å². The fourth-order valence-corrected chi connectivity index (χ4v) is 3.84. The first-order valence-corrected chi connectivity index (χ1v) is 7.28. The van der Waals surface area contributed by atoms with Gasteiger partial charge in [-0.15, -0.1) is 0 Å². The first-order valence-electron chi connectivity index (χ1n) is 6.90. The van der Waals surface area contributed by atoms with Gasteiger partial charge in [0, 0.05) is 6.54 Å². The zero-order valence-electron chi connectivity index (χ0n) is 10.7. The lowest BCUT2D eigenvalue weighted by molar-refractivity contribution is 0.0941. The minimum atomic E-state index is -0.191. The van der Waals surface area contributed by atoms with Crippen molar-refractivity contribution in [3.8, 4) is 5.75 Å². The molecule has 4 heteroatoms. The van der Waals surface area contributed by atoms with E-state index in [1.54, 1.807) is 6.07 Å². The van der Waals surface area contributed by atoms with Crippen LogP contribution in [0.4, 0.5) is 0 Å². The van der Waals surface area contributed by atoms with Crippen LogP contribution in [0.1, 0.15) is 36.0 Å². The van der Waals surface area contributed by atoms with E-state index in [-0.39, 0.29) is 11.7 Å². The number of carbonyl (C=O) groups is 1. The molecule has 3 unspecified atom stereocenters. The highest BCUT2D eigenvalue weighted by Crippen LogP contribution is 2.47. The first-order chi connectivity index (χ1) is 9.13. The van der Waals surface area contributed by atoms with Crippen molar-refractivity contribution in [2.45, 2.75) is 25.7 Å². The lowest BCUT2D eigenvalue weighted by atomic mass is 9.89. The molecule has 2 aliphatic rings. The highest BCUT2D eigenvalue weighted by Gasteiger charge is 2.39. The maximum atomic E-state index is 12.1. The molecule has 2 N–H and O–H groups in total. The summed E-state index contributed by atoms with van der Waals surface area (Å²) in [7, 11) is 0. The highest BCUT2D eigenvalue weighted by molar-refractivity contribution is 6.33. The molecule has 0 aromatic heterocycles. The number of hydrogen-bond acceptors (Lipinski definition) is 2. The first kappa shape index (κ1) is 12.8. The third kappa shape index (κ3) is 2.57. The lowest BCUT2D eigenvalue weighted by Crippen LogP contribution is -2.31. The van der Waals surface area contributed by atoms with Crippen molar-refractivity contribution in [2.24, 2.45) is 17.8 Å². The Hall–Kier alpha value is -1.22. The molecule has 3 nitrogen and oxygen atoms in total. The van der Waals surface area contributed by atoms with E-state index >= 15 is 0 Å². The smallest absolute Gasteiger partial charge is 0.252 e. The van der Waals surface area contributed by atoms with Gasteiger partial charge in [0.25, 0.3) is 5.91 Å². The fraction of sp³-hybridized carbons (Fsp3) is 0.533. The summed E-state index contributed by atoms with van der Waals surface area (Å²) in [6.45, 7) is 0.728. The zero-order chi connectivity index (χ0) is 13.4. The topological polar surface area (TPSA) is 49.3 Å². The molecule has 3 atom stereocenters. The maximum Gasteiger partial charge on any atom is 0.252 e. The van der Waals surface area contributed by atoms with Gasteiger partial charge in [-0.1, -0.05) is 18.0 Å². The van der Waals surface area contributed by atoms with Crippen molar-refractivity contribution in [1.29, 1.82) is 0 Å². The van der Waals surface area contributed by atoms with Crippen LogP contribution >= 0.6 is 11.6 Å². The van der Waals surface area contributed by atoms with Crippen molar-refractivity contribution in [3.05, 3.63) is 28.8 Å². The summed E-state index contributed by atoms with van der Waals surface area (Å²) in [5.41, 5.74) is 0.352. The Labute approximate surface area is 118 Å². The molecular weight excluding hydrogens is 262 g/mol. The second-order valence-corrected chi connectivity index (χ2v) is 6.22. The van der Waals surface area contributed by atoms with Gasteiger partial charge in [0.05, 0.1) is 10.6 Å². The van der Waals surface area contributed by atoms with Crippen LogP contribution in [0.3, 0.4) is 0 Å². The second-order valence-electron chi connectivity index (χ2n) is 5.81. The van der Waals surface area contributed by atoms with Gasteiger partial charge in [0.2, 0.25) is 0 Å². The average molecular weight is 280 g/mol. The Bertz CT molecular complexity index is 503. The van der Waals surface area contributed by atoms with Crippen molar-refractivity contribution >= 4 is 17.5 Å². The molecule has 19 heavy (non-hydrogen) atoms. The summed E-state index contributed by atoms with van der Waals surface area (Å²) < 4.78 is 0. The van der Waals surface area contributed by atoms with Gasteiger partial charge in [0.1, 0.15) is 5.75 Å².